The zero-order chi connectivity index (χ0) is 10.9. The molecule has 0 aliphatic heterocycles. The van der Waals surface area contributed by atoms with Gasteiger partial charge in [0, 0.05) is 17.0 Å². The smallest absolute Gasteiger partial charge is 0.207 e. The molecule has 2 nitrogen and oxygen atoms in total. The fourth-order valence-electron chi connectivity index (χ4n) is 1.85. The van der Waals surface area contributed by atoms with Gasteiger partial charge in [-0.2, -0.15) is 0 Å². The molecule has 0 aromatic heterocycles. The molecular weight excluding hydrogens is 217 g/mol. The first-order valence-electron chi connectivity index (χ1n) is 4.80. The van der Waals surface area contributed by atoms with Crippen molar-refractivity contribution < 1.29 is 9.18 Å². The van der Waals surface area contributed by atoms with Gasteiger partial charge in [-0.05, 0) is 30.5 Å². The van der Waals surface area contributed by atoms with Gasteiger partial charge in [0.1, 0.15) is 5.82 Å². The maximum atomic E-state index is 13.6. The Labute approximate surface area is 92.4 Å². The minimum absolute atomic E-state index is 0.199. The fraction of sp³-hybridized carbons (Fsp3) is 0.364. The van der Waals surface area contributed by atoms with E-state index >= 15 is 0 Å². The summed E-state index contributed by atoms with van der Waals surface area (Å²) in [5.41, 5.74) is 0.455. The van der Waals surface area contributed by atoms with Crippen molar-refractivity contribution in [1.29, 1.82) is 0 Å². The molecule has 0 spiro atoms. The number of carbonyl (C=O) groups is 1. The van der Waals surface area contributed by atoms with Crippen molar-refractivity contribution in [1.82, 2.24) is 5.32 Å². The Balaban J connectivity index is 2.25. The Bertz CT molecular complexity index is 390. The third kappa shape index (κ3) is 1.97. The second kappa shape index (κ2) is 3.81. The molecule has 0 atom stereocenters. The van der Waals surface area contributed by atoms with Crippen LogP contribution in [0.4, 0.5) is 4.39 Å². The van der Waals surface area contributed by atoms with Gasteiger partial charge in [0.2, 0.25) is 6.41 Å². The van der Waals surface area contributed by atoms with Gasteiger partial charge in [-0.3, -0.25) is 4.79 Å². The van der Waals surface area contributed by atoms with Crippen molar-refractivity contribution in [3.05, 3.63) is 34.6 Å². The molecule has 1 aliphatic carbocycles. The third-order valence-electron chi connectivity index (χ3n) is 2.88. The molecule has 1 amide bonds. The van der Waals surface area contributed by atoms with Crippen LogP contribution in [0, 0.1) is 5.82 Å². The predicted molar refractivity (Wildman–Crippen MR) is 56.4 cm³/mol. The number of benzene rings is 1. The molecule has 80 valence electrons. The van der Waals surface area contributed by atoms with Crippen LogP contribution in [0.2, 0.25) is 5.02 Å². The first-order chi connectivity index (χ1) is 7.18. The number of carbonyl (C=O) groups excluding carboxylic acids is 1. The summed E-state index contributed by atoms with van der Waals surface area (Å²) in [6.07, 6.45) is 2.46. The first kappa shape index (κ1) is 10.4. The number of hydrogen-bond acceptors (Lipinski definition) is 1. The summed E-state index contributed by atoms with van der Waals surface area (Å²) in [6.45, 7) is 0.495. The number of hydrogen-bond donors (Lipinski definition) is 1. The van der Waals surface area contributed by atoms with E-state index in [-0.39, 0.29) is 11.2 Å². The van der Waals surface area contributed by atoms with Crippen LogP contribution in [-0.4, -0.2) is 13.0 Å². The van der Waals surface area contributed by atoms with E-state index in [4.69, 9.17) is 11.6 Å². The second-order valence-electron chi connectivity index (χ2n) is 3.90. The van der Waals surface area contributed by atoms with Crippen molar-refractivity contribution in [3.63, 3.8) is 0 Å². The summed E-state index contributed by atoms with van der Waals surface area (Å²) >= 11 is 5.68. The summed E-state index contributed by atoms with van der Waals surface area (Å²) in [5, 5.41) is 3.01. The highest BCUT2D eigenvalue weighted by molar-refractivity contribution is 6.30. The highest BCUT2D eigenvalue weighted by Crippen LogP contribution is 2.48. The molecule has 0 heterocycles. The summed E-state index contributed by atoms with van der Waals surface area (Å²) in [4.78, 5) is 10.2. The molecule has 1 N–H and O–H groups in total. The molecule has 2 rings (SSSR count). The van der Waals surface area contributed by atoms with Gasteiger partial charge in [-0.15, -0.1) is 0 Å². The SMILES string of the molecule is O=CNCC1(c2ccc(Cl)cc2F)CC1. The molecule has 0 radical (unpaired) electrons. The molecule has 0 saturated heterocycles. The van der Waals surface area contributed by atoms with Crippen LogP contribution in [0.5, 0.6) is 0 Å². The first-order valence-corrected chi connectivity index (χ1v) is 5.18. The van der Waals surface area contributed by atoms with E-state index in [2.05, 4.69) is 5.32 Å². The van der Waals surface area contributed by atoms with Crippen LogP contribution < -0.4 is 5.32 Å². The standard InChI is InChI=1S/C11H11ClFNO/c12-8-1-2-9(10(13)5-8)11(3-4-11)6-14-7-15/h1-2,5,7H,3-4,6H2,(H,14,15). The highest BCUT2D eigenvalue weighted by Gasteiger charge is 2.45. The number of rotatable bonds is 4. The van der Waals surface area contributed by atoms with Crippen molar-refractivity contribution >= 4 is 18.0 Å². The topological polar surface area (TPSA) is 29.1 Å². The van der Waals surface area contributed by atoms with Crippen molar-refractivity contribution in [2.45, 2.75) is 18.3 Å². The molecule has 1 saturated carbocycles. The van der Waals surface area contributed by atoms with Crippen LogP contribution >= 0.6 is 11.6 Å². The van der Waals surface area contributed by atoms with Crippen LogP contribution in [-0.2, 0) is 10.2 Å². The van der Waals surface area contributed by atoms with Crippen molar-refractivity contribution in [2.75, 3.05) is 6.54 Å². The average Bonchev–Trinajstić information content (AvgIpc) is 2.96. The van der Waals surface area contributed by atoms with Gasteiger partial charge in [0.15, 0.2) is 0 Å². The van der Waals surface area contributed by atoms with Crippen LogP contribution in [0.25, 0.3) is 0 Å². The van der Waals surface area contributed by atoms with Gasteiger partial charge >= 0.3 is 0 Å². The summed E-state index contributed by atoms with van der Waals surface area (Å²) in [7, 11) is 0. The molecule has 1 aliphatic rings. The lowest BCUT2D eigenvalue weighted by Crippen LogP contribution is -2.26. The van der Waals surface area contributed by atoms with E-state index in [0.29, 0.717) is 23.5 Å². The van der Waals surface area contributed by atoms with Crippen molar-refractivity contribution in [3.8, 4) is 0 Å². The molecule has 1 fully saturated rings. The zero-order valence-corrected chi connectivity index (χ0v) is 8.85. The minimum atomic E-state index is -0.285. The lowest BCUT2D eigenvalue weighted by Gasteiger charge is -2.15. The normalized spacial score (nSPS) is 17.2. The Morgan fingerprint density at radius 3 is 2.80 bits per heavy atom. The summed E-state index contributed by atoms with van der Waals surface area (Å²) in [6, 6.07) is 4.70. The molecule has 15 heavy (non-hydrogen) atoms. The predicted octanol–water partition coefficient (Wildman–Crippen LogP) is 2.26. The monoisotopic (exact) mass is 227 g/mol. The van der Waals surface area contributed by atoms with Gasteiger partial charge in [0.25, 0.3) is 0 Å². The Kier molecular flexibility index (Phi) is 2.65. The molecule has 0 bridgehead atoms. The van der Waals surface area contributed by atoms with Crippen LogP contribution in [0.3, 0.4) is 0 Å². The molecule has 1 aromatic rings. The van der Waals surface area contributed by atoms with Crippen LogP contribution in [0.15, 0.2) is 18.2 Å². The highest BCUT2D eigenvalue weighted by atomic mass is 35.5. The van der Waals surface area contributed by atoms with E-state index in [0.717, 1.165) is 12.8 Å². The van der Waals surface area contributed by atoms with Gasteiger partial charge in [0.05, 0.1) is 0 Å². The number of halogens is 2. The second-order valence-corrected chi connectivity index (χ2v) is 4.34. The molecule has 0 unspecified atom stereocenters. The summed E-state index contributed by atoms with van der Waals surface area (Å²) in [5.74, 6) is -0.285. The zero-order valence-electron chi connectivity index (χ0n) is 8.09. The Morgan fingerprint density at radius 2 is 2.27 bits per heavy atom. The minimum Gasteiger partial charge on any atom is -0.358 e. The van der Waals surface area contributed by atoms with E-state index < -0.39 is 0 Å². The average molecular weight is 228 g/mol. The van der Waals surface area contributed by atoms with E-state index in [1.54, 1.807) is 12.1 Å². The maximum absolute atomic E-state index is 13.6. The van der Waals surface area contributed by atoms with E-state index in [1.807, 2.05) is 0 Å². The van der Waals surface area contributed by atoms with Crippen molar-refractivity contribution in [2.24, 2.45) is 0 Å². The fourth-order valence-corrected chi connectivity index (χ4v) is 2.01. The summed E-state index contributed by atoms with van der Waals surface area (Å²) < 4.78 is 13.6. The van der Waals surface area contributed by atoms with Crippen LogP contribution in [0.1, 0.15) is 18.4 Å². The Hall–Kier alpha value is -1.09. The third-order valence-corrected chi connectivity index (χ3v) is 3.11. The van der Waals surface area contributed by atoms with Gasteiger partial charge in [-0.25, -0.2) is 4.39 Å². The number of nitrogens with one attached hydrogen (secondary N) is 1. The van der Waals surface area contributed by atoms with Gasteiger partial charge < -0.3 is 5.32 Å². The maximum Gasteiger partial charge on any atom is 0.207 e. The van der Waals surface area contributed by atoms with E-state index in [1.165, 1.54) is 6.07 Å². The largest absolute Gasteiger partial charge is 0.358 e. The van der Waals surface area contributed by atoms with E-state index in [9.17, 15) is 9.18 Å². The molecule has 4 heteroatoms. The lowest BCUT2D eigenvalue weighted by atomic mass is 9.95. The molecular formula is C11H11ClFNO. The lowest BCUT2D eigenvalue weighted by molar-refractivity contribution is -0.109. The van der Waals surface area contributed by atoms with Gasteiger partial charge in [-0.1, -0.05) is 17.7 Å². The molecule has 1 aromatic carbocycles. The quantitative estimate of drug-likeness (QED) is 0.786. The Morgan fingerprint density at radius 1 is 1.53 bits per heavy atom. The number of amides is 1.